The molecule has 0 saturated carbocycles. The molecule has 0 bridgehead atoms. The van der Waals surface area contributed by atoms with Crippen molar-refractivity contribution in [1.29, 1.82) is 0 Å². The highest BCUT2D eigenvalue weighted by atomic mass is 35.5. The van der Waals surface area contributed by atoms with Gasteiger partial charge in [0.25, 0.3) is 0 Å². The Hall–Kier alpha value is -2.04. The fourth-order valence-corrected chi connectivity index (χ4v) is 3.91. The first kappa shape index (κ1) is 18.7. The average Bonchev–Trinajstić information content (AvgIpc) is 2.63. The number of nitrogens with zero attached hydrogens (tertiary/aromatic N) is 2. The highest BCUT2D eigenvalue weighted by Crippen LogP contribution is 2.34. The largest absolute Gasteiger partial charge is 0.312 e. The van der Waals surface area contributed by atoms with Crippen molar-refractivity contribution in [3.05, 3.63) is 58.1 Å². The number of carbonyl (C=O) groups excluding carboxylic acids is 2. The molecule has 0 unspecified atom stereocenters. The Kier molecular flexibility index (Phi) is 5.84. The van der Waals surface area contributed by atoms with Gasteiger partial charge in [0.15, 0.2) is 0 Å². The van der Waals surface area contributed by atoms with Gasteiger partial charge in [-0.05, 0) is 36.6 Å². The van der Waals surface area contributed by atoms with Crippen LogP contribution in [0.1, 0.15) is 25.3 Å². The standard InChI is InChI=1S/C20H20Cl2N2O2/c1-14(25)23(20-16(21)8-4-9-17(20)22)13-11-19(26)24-12-5-7-15-6-2-3-10-18(15)24/h2-4,6,8-10H,5,7,11-13H2,1H3. The van der Waals surface area contributed by atoms with Crippen molar-refractivity contribution in [1.82, 2.24) is 0 Å². The van der Waals surface area contributed by atoms with Crippen molar-refractivity contribution in [2.24, 2.45) is 0 Å². The van der Waals surface area contributed by atoms with Crippen LogP contribution in [0.5, 0.6) is 0 Å². The van der Waals surface area contributed by atoms with Gasteiger partial charge in [-0.3, -0.25) is 9.59 Å². The van der Waals surface area contributed by atoms with Crippen LogP contribution in [0.4, 0.5) is 11.4 Å². The summed E-state index contributed by atoms with van der Waals surface area (Å²) in [7, 11) is 0. The number of amides is 2. The molecule has 1 aliphatic heterocycles. The molecular weight excluding hydrogens is 371 g/mol. The maximum absolute atomic E-state index is 12.8. The van der Waals surface area contributed by atoms with Crippen molar-refractivity contribution >= 4 is 46.4 Å². The van der Waals surface area contributed by atoms with Crippen LogP contribution in [0.25, 0.3) is 0 Å². The van der Waals surface area contributed by atoms with Crippen LogP contribution >= 0.6 is 23.2 Å². The fourth-order valence-electron chi connectivity index (χ4n) is 3.31. The number of rotatable bonds is 4. The first-order chi connectivity index (χ1) is 12.5. The van der Waals surface area contributed by atoms with Crippen LogP contribution in [0.3, 0.4) is 0 Å². The maximum Gasteiger partial charge on any atom is 0.228 e. The van der Waals surface area contributed by atoms with Crippen molar-refractivity contribution in [3.8, 4) is 0 Å². The van der Waals surface area contributed by atoms with E-state index < -0.39 is 0 Å². The molecular formula is C20H20Cl2N2O2. The molecule has 0 aromatic heterocycles. The second-order valence-electron chi connectivity index (χ2n) is 6.27. The van der Waals surface area contributed by atoms with E-state index in [1.807, 2.05) is 23.1 Å². The Morgan fingerprint density at radius 1 is 1.08 bits per heavy atom. The van der Waals surface area contributed by atoms with E-state index in [1.54, 1.807) is 18.2 Å². The topological polar surface area (TPSA) is 40.6 Å². The highest BCUT2D eigenvalue weighted by molar-refractivity contribution is 6.39. The van der Waals surface area contributed by atoms with Gasteiger partial charge in [-0.2, -0.15) is 0 Å². The van der Waals surface area contributed by atoms with Gasteiger partial charge in [0.2, 0.25) is 11.8 Å². The molecule has 0 radical (unpaired) electrons. The number of hydrogen-bond donors (Lipinski definition) is 0. The molecule has 1 heterocycles. The predicted molar refractivity (Wildman–Crippen MR) is 106 cm³/mol. The molecule has 2 aromatic carbocycles. The first-order valence-corrected chi connectivity index (χ1v) is 9.35. The minimum Gasteiger partial charge on any atom is -0.312 e. The molecule has 2 aromatic rings. The van der Waals surface area contributed by atoms with Crippen LogP contribution in [-0.4, -0.2) is 24.9 Å². The third-order valence-electron chi connectivity index (χ3n) is 4.55. The van der Waals surface area contributed by atoms with Crippen molar-refractivity contribution < 1.29 is 9.59 Å². The molecule has 136 valence electrons. The minimum atomic E-state index is -0.202. The van der Waals surface area contributed by atoms with Gasteiger partial charge >= 0.3 is 0 Å². The van der Waals surface area contributed by atoms with E-state index in [1.165, 1.54) is 17.4 Å². The molecule has 0 fully saturated rings. The normalized spacial score (nSPS) is 13.3. The molecule has 0 aliphatic carbocycles. The molecule has 2 amide bonds. The zero-order chi connectivity index (χ0) is 18.7. The fraction of sp³-hybridized carbons (Fsp3) is 0.300. The van der Waals surface area contributed by atoms with E-state index in [-0.39, 0.29) is 24.8 Å². The van der Waals surface area contributed by atoms with E-state index in [9.17, 15) is 9.59 Å². The van der Waals surface area contributed by atoms with E-state index in [0.29, 0.717) is 22.3 Å². The van der Waals surface area contributed by atoms with Crippen molar-refractivity contribution in [3.63, 3.8) is 0 Å². The zero-order valence-corrected chi connectivity index (χ0v) is 16.1. The monoisotopic (exact) mass is 390 g/mol. The average molecular weight is 391 g/mol. The van der Waals surface area contributed by atoms with Gasteiger partial charge in [0.05, 0.1) is 15.7 Å². The number of para-hydroxylation sites is 2. The molecule has 26 heavy (non-hydrogen) atoms. The lowest BCUT2D eigenvalue weighted by Crippen LogP contribution is -2.39. The summed E-state index contributed by atoms with van der Waals surface area (Å²) >= 11 is 12.5. The van der Waals surface area contributed by atoms with E-state index in [4.69, 9.17) is 23.2 Å². The summed E-state index contributed by atoms with van der Waals surface area (Å²) in [6.45, 7) is 2.37. The minimum absolute atomic E-state index is 0.00780. The molecule has 4 nitrogen and oxygen atoms in total. The maximum atomic E-state index is 12.8. The Labute approximate surface area is 163 Å². The second kappa shape index (κ2) is 8.11. The van der Waals surface area contributed by atoms with Gasteiger partial charge in [-0.1, -0.05) is 47.5 Å². The Morgan fingerprint density at radius 2 is 1.77 bits per heavy atom. The zero-order valence-electron chi connectivity index (χ0n) is 14.5. The molecule has 0 N–H and O–H groups in total. The van der Waals surface area contributed by atoms with Crippen molar-refractivity contribution in [2.75, 3.05) is 22.9 Å². The number of aryl methyl sites for hydroxylation is 1. The lowest BCUT2D eigenvalue weighted by atomic mass is 10.0. The van der Waals surface area contributed by atoms with Crippen molar-refractivity contribution in [2.45, 2.75) is 26.2 Å². The highest BCUT2D eigenvalue weighted by Gasteiger charge is 2.24. The molecule has 0 spiro atoms. The van der Waals surface area contributed by atoms with Gasteiger partial charge in [0, 0.05) is 32.1 Å². The van der Waals surface area contributed by atoms with Crippen LogP contribution in [0.15, 0.2) is 42.5 Å². The Balaban J connectivity index is 1.77. The Bertz CT molecular complexity index is 818. The van der Waals surface area contributed by atoms with Gasteiger partial charge < -0.3 is 9.80 Å². The van der Waals surface area contributed by atoms with Gasteiger partial charge in [0.1, 0.15) is 0 Å². The molecule has 1 aliphatic rings. The third kappa shape index (κ3) is 3.87. The number of benzene rings is 2. The summed E-state index contributed by atoms with van der Waals surface area (Å²) in [4.78, 5) is 28.2. The lowest BCUT2D eigenvalue weighted by molar-refractivity contribution is -0.118. The molecule has 3 rings (SSSR count). The predicted octanol–water partition coefficient (Wildman–Crippen LogP) is 4.72. The number of hydrogen-bond acceptors (Lipinski definition) is 2. The van der Waals surface area contributed by atoms with Crippen LogP contribution in [-0.2, 0) is 16.0 Å². The smallest absolute Gasteiger partial charge is 0.228 e. The van der Waals surface area contributed by atoms with Crippen LogP contribution in [0.2, 0.25) is 10.0 Å². The summed E-state index contributed by atoms with van der Waals surface area (Å²) in [5.41, 5.74) is 2.61. The summed E-state index contributed by atoms with van der Waals surface area (Å²) in [5, 5.41) is 0.784. The Morgan fingerprint density at radius 3 is 2.46 bits per heavy atom. The third-order valence-corrected chi connectivity index (χ3v) is 5.16. The van der Waals surface area contributed by atoms with E-state index in [0.717, 1.165) is 18.5 Å². The van der Waals surface area contributed by atoms with Gasteiger partial charge in [-0.15, -0.1) is 0 Å². The van der Waals surface area contributed by atoms with E-state index in [2.05, 4.69) is 6.07 Å². The number of halogens is 2. The lowest BCUT2D eigenvalue weighted by Gasteiger charge is -2.30. The van der Waals surface area contributed by atoms with Crippen LogP contribution < -0.4 is 9.80 Å². The number of fused-ring (bicyclic) bond motifs is 1. The summed E-state index contributed by atoms with van der Waals surface area (Å²) in [5.74, 6) is -0.210. The number of anilines is 2. The quantitative estimate of drug-likeness (QED) is 0.757. The SMILES string of the molecule is CC(=O)N(CCC(=O)N1CCCc2ccccc21)c1c(Cl)cccc1Cl. The number of carbonyl (C=O) groups is 2. The first-order valence-electron chi connectivity index (χ1n) is 8.59. The van der Waals surface area contributed by atoms with Gasteiger partial charge in [-0.25, -0.2) is 0 Å². The van der Waals surface area contributed by atoms with E-state index >= 15 is 0 Å². The molecule has 0 saturated heterocycles. The van der Waals surface area contributed by atoms with Crippen LogP contribution in [0, 0.1) is 0 Å². The second-order valence-corrected chi connectivity index (χ2v) is 7.08. The summed E-state index contributed by atoms with van der Waals surface area (Å²) in [6.07, 6.45) is 2.12. The summed E-state index contributed by atoms with van der Waals surface area (Å²) in [6, 6.07) is 13.0. The molecule has 0 atom stereocenters. The molecule has 6 heteroatoms. The summed E-state index contributed by atoms with van der Waals surface area (Å²) < 4.78 is 0.